The van der Waals surface area contributed by atoms with Crippen LogP contribution in [0.2, 0.25) is 0 Å². The van der Waals surface area contributed by atoms with Gasteiger partial charge in [0.2, 0.25) is 0 Å². The highest BCUT2D eigenvalue weighted by Gasteiger charge is 2.12. The highest BCUT2D eigenvalue weighted by molar-refractivity contribution is 7.12. The first-order valence-corrected chi connectivity index (χ1v) is 8.46. The second-order valence-electron chi connectivity index (χ2n) is 5.47. The summed E-state index contributed by atoms with van der Waals surface area (Å²) in [6.07, 6.45) is 0. The van der Waals surface area contributed by atoms with E-state index in [0.29, 0.717) is 24.7 Å². The minimum Gasteiger partial charge on any atom is -0.493 e. The molecule has 9 heteroatoms. The van der Waals surface area contributed by atoms with E-state index in [0.717, 1.165) is 10.6 Å². The molecule has 25 heavy (non-hydrogen) atoms. The van der Waals surface area contributed by atoms with E-state index in [-0.39, 0.29) is 5.69 Å². The number of benzene rings is 1. The molecule has 1 aromatic carbocycles. The van der Waals surface area contributed by atoms with E-state index in [1.807, 2.05) is 47.7 Å². The minimum absolute atomic E-state index is 0.262. The van der Waals surface area contributed by atoms with Crippen molar-refractivity contribution in [2.75, 3.05) is 21.3 Å². The first kappa shape index (κ1) is 17.2. The maximum atomic E-state index is 12.4. The van der Waals surface area contributed by atoms with Crippen molar-refractivity contribution < 1.29 is 9.47 Å². The molecule has 0 aliphatic heterocycles. The lowest BCUT2D eigenvalue weighted by Gasteiger charge is -2.16. The number of rotatable bonds is 7. The molecule has 0 unspecified atom stereocenters. The average molecular weight is 361 g/mol. The highest BCUT2D eigenvalue weighted by atomic mass is 32.1. The molecule has 0 N–H and O–H groups in total. The summed E-state index contributed by atoms with van der Waals surface area (Å²) in [6.45, 7) is 0.956. The smallest absolute Gasteiger partial charge is 0.370 e. The van der Waals surface area contributed by atoms with Gasteiger partial charge in [-0.1, -0.05) is 6.07 Å². The molecule has 0 bridgehead atoms. The zero-order valence-corrected chi connectivity index (χ0v) is 15.1. The van der Waals surface area contributed by atoms with E-state index in [2.05, 4.69) is 10.4 Å². The van der Waals surface area contributed by atoms with E-state index in [1.165, 1.54) is 20.7 Å². The number of ether oxygens (including phenoxy) is 2. The fraction of sp³-hybridized carbons (Fsp3) is 0.312. The van der Waals surface area contributed by atoms with Crippen molar-refractivity contribution in [2.45, 2.75) is 13.2 Å². The largest absolute Gasteiger partial charge is 0.493 e. The number of methoxy groups -OCH3 is 2. The molecule has 0 fully saturated rings. The second-order valence-corrected chi connectivity index (χ2v) is 6.40. The third kappa shape index (κ3) is 3.72. The van der Waals surface area contributed by atoms with Gasteiger partial charge in [0, 0.05) is 6.54 Å². The Morgan fingerprint density at radius 3 is 2.64 bits per heavy atom. The topological polar surface area (TPSA) is 74.4 Å². The van der Waals surface area contributed by atoms with Gasteiger partial charge in [-0.25, -0.2) is 4.79 Å². The number of hydrogen-bond donors (Lipinski definition) is 0. The summed E-state index contributed by atoms with van der Waals surface area (Å²) >= 11 is 1.44. The van der Waals surface area contributed by atoms with E-state index >= 15 is 0 Å². The molecule has 3 aromatic rings. The van der Waals surface area contributed by atoms with Gasteiger partial charge in [-0.05, 0) is 52.7 Å². The molecule has 2 heterocycles. The van der Waals surface area contributed by atoms with Gasteiger partial charge in [0.05, 0.1) is 14.2 Å². The van der Waals surface area contributed by atoms with Gasteiger partial charge in [0.1, 0.15) is 11.7 Å². The van der Waals surface area contributed by atoms with Crippen molar-refractivity contribution in [3.05, 3.63) is 51.8 Å². The van der Waals surface area contributed by atoms with E-state index < -0.39 is 0 Å². The molecule has 0 aliphatic rings. The van der Waals surface area contributed by atoms with Gasteiger partial charge in [-0.2, -0.15) is 9.36 Å². The Balaban J connectivity index is 1.71. The molecule has 2 aromatic heterocycles. The molecule has 0 aliphatic carbocycles. The van der Waals surface area contributed by atoms with Gasteiger partial charge in [0.15, 0.2) is 11.5 Å². The molecule has 0 atom stereocenters. The van der Waals surface area contributed by atoms with Crippen LogP contribution >= 0.6 is 11.3 Å². The first-order chi connectivity index (χ1) is 12.1. The first-order valence-electron chi connectivity index (χ1n) is 7.58. The number of tetrazole rings is 1. The van der Waals surface area contributed by atoms with Gasteiger partial charge in [0.25, 0.3) is 0 Å². The Kier molecular flexibility index (Phi) is 5.15. The lowest BCUT2D eigenvalue weighted by molar-refractivity contribution is 0.239. The normalized spacial score (nSPS) is 11.0. The Bertz CT molecular complexity index is 888. The van der Waals surface area contributed by atoms with Crippen molar-refractivity contribution in [1.29, 1.82) is 0 Å². The molecule has 132 valence electrons. The van der Waals surface area contributed by atoms with Crippen LogP contribution < -0.4 is 15.2 Å². The molecule has 3 rings (SSSR count). The fourth-order valence-electron chi connectivity index (χ4n) is 2.46. The summed E-state index contributed by atoms with van der Waals surface area (Å²) in [5.74, 6) is 1.36. The molecule has 8 nitrogen and oxygen atoms in total. The van der Waals surface area contributed by atoms with Crippen LogP contribution in [0, 0.1) is 0 Å². The predicted octanol–water partition coefficient (Wildman–Crippen LogP) is 1.60. The summed E-state index contributed by atoms with van der Waals surface area (Å²) < 4.78 is 13.2. The monoisotopic (exact) mass is 361 g/mol. The Hall–Kier alpha value is -2.65. The third-order valence-corrected chi connectivity index (χ3v) is 4.47. The van der Waals surface area contributed by atoms with Crippen LogP contribution in [0.15, 0.2) is 40.5 Å². The molecule has 0 saturated carbocycles. The Labute approximate surface area is 148 Å². The van der Waals surface area contributed by atoms with E-state index in [1.54, 1.807) is 14.2 Å². The quantitative estimate of drug-likeness (QED) is 0.636. The SMILES string of the molecule is COc1ccc(CN(C)Cn2nnn(-c3cccs3)c2=O)cc1OC. The Morgan fingerprint density at radius 2 is 1.96 bits per heavy atom. The van der Waals surface area contributed by atoms with Crippen LogP contribution in [0.1, 0.15) is 5.56 Å². The van der Waals surface area contributed by atoms with Crippen LogP contribution in [0.3, 0.4) is 0 Å². The summed E-state index contributed by atoms with van der Waals surface area (Å²) in [5.41, 5.74) is 0.778. The third-order valence-electron chi connectivity index (χ3n) is 3.63. The molecule has 0 radical (unpaired) electrons. The summed E-state index contributed by atoms with van der Waals surface area (Å²) in [4.78, 5) is 14.4. The van der Waals surface area contributed by atoms with Crippen molar-refractivity contribution in [2.24, 2.45) is 0 Å². The lowest BCUT2D eigenvalue weighted by Crippen LogP contribution is -2.31. The van der Waals surface area contributed by atoms with Gasteiger partial charge in [-0.15, -0.1) is 11.3 Å². The number of thiophene rings is 1. The van der Waals surface area contributed by atoms with Crippen molar-refractivity contribution >= 4 is 11.3 Å². The van der Waals surface area contributed by atoms with E-state index in [4.69, 9.17) is 9.47 Å². The van der Waals surface area contributed by atoms with Crippen LogP contribution in [0.25, 0.3) is 5.00 Å². The van der Waals surface area contributed by atoms with Crippen LogP contribution in [-0.4, -0.2) is 46.0 Å². The summed E-state index contributed by atoms with van der Waals surface area (Å²) in [6, 6.07) is 9.44. The van der Waals surface area contributed by atoms with Crippen molar-refractivity contribution in [3.63, 3.8) is 0 Å². The number of hydrogen-bond acceptors (Lipinski definition) is 7. The van der Waals surface area contributed by atoms with Crippen molar-refractivity contribution in [1.82, 2.24) is 24.7 Å². The minimum atomic E-state index is -0.262. The summed E-state index contributed by atoms with van der Waals surface area (Å²) in [5, 5.41) is 10.5. The standard InChI is InChI=1S/C16H19N5O3S/c1-19(10-12-6-7-13(23-2)14(9-12)24-3)11-20-16(22)21(18-17-20)15-5-4-8-25-15/h4-9H,10-11H2,1-3H3. The van der Waals surface area contributed by atoms with Crippen LogP contribution in [-0.2, 0) is 13.2 Å². The lowest BCUT2D eigenvalue weighted by atomic mass is 10.2. The summed E-state index contributed by atoms with van der Waals surface area (Å²) in [7, 11) is 5.12. The average Bonchev–Trinajstić information content (AvgIpc) is 3.25. The molecule has 0 amide bonds. The Morgan fingerprint density at radius 1 is 1.16 bits per heavy atom. The number of nitrogens with zero attached hydrogens (tertiary/aromatic N) is 5. The second kappa shape index (κ2) is 7.49. The zero-order valence-electron chi connectivity index (χ0n) is 14.2. The van der Waals surface area contributed by atoms with E-state index in [9.17, 15) is 4.79 Å². The predicted molar refractivity (Wildman–Crippen MR) is 94.5 cm³/mol. The van der Waals surface area contributed by atoms with Crippen molar-refractivity contribution in [3.8, 4) is 16.5 Å². The van der Waals surface area contributed by atoms with Gasteiger partial charge < -0.3 is 9.47 Å². The van der Waals surface area contributed by atoms with Crippen LogP contribution in [0.5, 0.6) is 11.5 Å². The fourth-order valence-corrected chi connectivity index (χ4v) is 3.13. The van der Waals surface area contributed by atoms with Gasteiger partial charge in [-0.3, -0.25) is 4.90 Å². The highest BCUT2D eigenvalue weighted by Crippen LogP contribution is 2.27. The molecule has 0 spiro atoms. The maximum Gasteiger partial charge on any atom is 0.370 e. The van der Waals surface area contributed by atoms with Crippen LogP contribution in [0.4, 0.5) is 0 Å². The molecular formula is C16H19N5O3S. The molecular weight excluding hydrogens is 342 g/mol. The zero-order chi connectivity index (χ0) is 17.8. The maximum absolute atomic E-state index is 12.4. The number of aromatic nitrogens is 4. The molecule has 0 saturated heterocycles. The van der Waals surface area contributed by atoms with Gasteiger partial charge >= 0.3 is 5.69 Å².